The fourth-order valence-electron chi connectivity index (χ4n) is 0.979. The molecule has 0 aromatic heterocycles. The van der Waals surface area contributed by atoms with E-state index in [0.29, 0.717) is 6.54 Å². The first-order chi connectivity index (χ1) is 6.83. The van der Waals surface area contributed by atoms with E-state index in [1.165, 1.54) is 0 Å². The van der Waals surface area contributed by atoms with Crippen molar-refractivity contribution >= 4 is 23.6 Å². The molecule has 1 N–H and O–H groups in total. The molecule has 1 rings (SSSR count). The van der Waals surface area contributed by atoms with Crippen molar-refractivity contribution in [2.24, 2.45) is 0 Å². The van der Waals surface area contributed by atoms with Crippen molar-refractivity contribution in [1.29, 1.82) is 0 Å². The van der Waals surface area contributed by atoms with Gasteiger partial charge >= 0.3 is 0 Å². The van der Waals surface area contributed by atoms with E-state index in [4.69, 9.17) is 11.6 Å². The molecule has 3 heteroatoms. The summed E-state index contributed by atoms with van der Waals surface area (Å²) in [5.41, 5.74) is 1.12. The molecule has 1 aromatic carbocycles. The van der Waals surface area contributed by atoms with Gasteiger partial charge in [-0.05, 0) is 5.56 Å². The van der Waals surface area contributed by atoms with Crippen LogP contribution < -0.4 is 5.32 Å². The average Bonchev–Trinajstić information content (AvgIpc) is 2.25. The molecular weight excluding hydrogens is 198 g/mol. The highest BCUT2D eigenvalue weighted by molar-refractivity contribution is 6.27. The number of carbonyl (C=O) groups is 1. The lowest BCUT2D eigenvalue weighted by atomic mass is 10.2. The quantitative estimate of drug-likeness (QED) is 0.756. The summed E-state index contributed by atoms with van der Waals surface area (Å²) in [6.45, 7) is 0.514. The van der Waals surface area contributed by atoms with Gasteiger partial charge in [-0.1, -0.05) is 42.5 Å². The van der Waals surface area contributed by atoms with Gasteiger partial charge in [-0.3, -0.25) is 4.79 Å². The summed E-state index contributed by atoms with van der Waals surface area (Å²) >= 11 is 5.31. The Bertz CT molecular complexity index is 308. The monoisotopic (exact) mass is 209 g/mol. The Morgan fingerprint density at radius 2 is 2.07 bits per heavy atom. The van der Waals surface area contributed by atoms with E-state index in [2.05, 4.69) is 5.32 Å². The minimum atomic E-state index is -0.149. The largest absolute Gasteiger partial charge is 0.352 e. The second kappa shape index (κ2) is 6.22. The number of rotatable bonds is 4. The summed E-state index contributed by atoms with van der Waals surface area (Å²) < 4.78 is 0. The van der Waals surface area contributed by atoms with Crippen molar-refractivity contribution in [3.05, 3.63) is 42.0 Å². The number of alkyl halides is 1. The van der Waals surface area contributed by atoms with Crippen LogP contribution in [-0.4, -0.2) is 18.3 Å². The summed E-state index contributed by atoms with van der Waals surface area (Å²) in [6.07, 6.45) is 3.84. The highest BCUT2D eigenvalue weighted by atomic mass is 35.5. The number of amides is 1. The van der Waals surface area contributed by atoms with Crippen molar-refractivity contribution in [3.63, 3.8) is 0 Å². The van der Waals surface area contributed by atoms with Crippen LogP contribution in [0.4, 0.5) is 0 Å². The molecule has 0 saturated carbocycles. The summed E-state index contributed by atoms with van der Waals surface area (Å²) in [6, 6.07) is 9.90. The zero-order chi connectivity index (χ0) is 10.2. The van der Waals surface area contributed by atoms with Gasteiger partial charge in [0, 0.05) is 6.54 Å². The fraction of sp³-hybridized carbons (Fsp3) is 0.182. The first kappa shape index (κ1) is 10.8. The molecule has 0 atom stereocenters. The van der Waals surface area contributed by atoms with E-state index in [0.717, 1.165) is 5.56 Å². The van der Waals surface area contributed by atoms with Crippen molar-refractivity contribution < 1.29 is 4.79 Å². The summed E-state index contributed by atoms with van der Waals surface area (Å²) in [7, 11) is 0. The molecule has 0 spiro atoms. The standard InChI is InChI=1S/C11H12ClNO/c12-9-11(14)13-8-4-7-10-5-2-1-3-6-10/h1-7H,8-9H2,(H,13,14). The van der Waals surface area contributed by atoms with Gasteiger partial charge in [0.1, 0.15) is 5.88 Å². The Hall–Kier alpha value is -1.28. The maximum absolute atomic E-state index is 10.7. The molecule has 0 heterocycles. The zero-order valence-corrected chi connectivity index (χ0v) is 8.50. The Kier molecular flexibility index (Phi) is 4.79. The lowest BCUT2D eigenvalue weighted by Gasteiger charge is -1.96. The molecule has 1 aromatic rings. The molecule has 0 aliphatic rings. The van der Waals surface area contributed by atoms with Crippen molar-refractivity contribution in [2.45, 2.75) is 0 Å². The van der Waals surface area contributed by atoms with Crippen LogP contribution in [0.15, 0.2) is 36.4 Å². The third kappa shape index (κ3) is 4.10. The summed E-state index contributed by atoms with van der Waals surface area (Å²) in [5, 5.41) is 2.64. The molecule has 74 valence electrons. The van der Waals surface area contributed by atoms with Crippen molar-refractivity contribution in [2.75, 3.05) is 12.4 Å². The third-order valence-electron chi connectivity index (χ3n) is 1.65. The van der Waals surface area contributed by atoms with Gasteiger partial charge in [-0.15, -0.1) is 11.6 Å². The number of hydrogen-bond acceptors (Lipinski definition) is 1. The van der Waals surface area contributed by atoms with E-state index in [1.807, 2.05) is 42.5 Å². The van der Waals surface area contributed by atoms with Crippen LogP contribution in [0.5, 0.6) is 0 Å². The van der Waals surface area contributed by atoms with Crippen LogP contribution in [0.3, 0.4) is 0 Å². The first-order valence-corrected chi connectivity index (χ1v) is 4.90. The SMILES string of the molecule is O=C(CCl)NCC=Cc1ccccc1. The minimum Gasteiger partial charge on any atom is -0.352 e. The Balaban J connectivity index is 2.31. The van der Waals surface area contributed by atoms with E-state index < -0.39 is 0 Å². The van der Waals surface area contributed by atoms with Crippen molar-refractivity contribution in [1.82, 2.24) is 5.32 Å². The fourth-order valence-corrected chi connectivity index (χ4v) is 1.07. The Morgan fingerprint density at radius 3 is 2.71 bits per heavy atom. The highest BCUT2D eigenvalue weighted by Gasteiger charge is 1.92. The van der Waals surface area contributed by atoms with Crippen LogP contribution in [0, 0.1) is 0 Å². The third-order valence-corrected chi connectivity index (χ3v) is 1.89. The van der Waals surface area contributed by atoms with Gasteiger partial charge < -0.3 is 5.32 Å². The van der Waals surface area contributed by atoms with Crippen LogP contribution in [0.2, 0.25) is 0 Å². The molecule has 2 nitrogen and oxygen atoms in total. The van der Waals surface area contributed by atoms with Gasteiger partial charge in [0.05, 0.1) is 0 Å². The van der Waals surface area contributed by atoms with Crippen LogP contribution in [-0.2, 0) is 4.79 Å². The summed E-state index contributed by atoms with van der Waals surface area (Å²) in [5.74, 6) is -0.136. The van der Waals surface area contributed by atoms with Gasteiger partial charge in [0.15, 0.2) is 0 Å². The normalized spacial score (nSPS) is 10.4. The van der Waals surface area contributed by atoms with Crippen LogP contribution in [0.25, 0.3) is 6.08 Å². The van der Waals surface area contributed by atoms with Gasteiger partial charge in [-0.25, -0.2) is 0 Å². The second-order valence-corrected chi connectivity index (χ2v) is 3.02. The molecular formula is C11H12ClNO. The Labute approximate surface area is 88.6 Å². The molecule has 0 aliphatic carbocycles. The van der Waals surface area contributed by atoms with E-state index in [9.17, 15) is 4.79 Å². The topological polar surface area (TPSA) is 29.1 Å². The van der Waals surface area contributed by atoms with Crippen LogP contribution >= 0.6 is 11.6 Å². The number of benzene rings is 1. The number of nitrogens with one attached hydrogen (secondary N) is 1. The number of hydrogen-bond donors (Lipinski definition) is 1. The highest BCUT2D eigenvalue weighted by Crippen LogP contribution is 1.99. The molecule has 0 unspecified atom stereocenters. The first-order valence-electron chi connectivity index (χ1n) is 4.37. The van der Waals surface area contributed by atoms with Crippen molar-refractivity contribution in [3.8, 4) is 0 Å². The molecule has 0 radical (unpaired) electrons. The Morgan fingerprint density at radius 1 is 1.36 bits per heavy atom. The molecule has 1 amide bonds. The molecule has 0 saturated heterocycles. The van der Waals surface area contributed by atoms with Gasteiger partial charge in [0.2, 0.25) is 5.91 Å². The zero-order valence-electron chi connectivity index (χ0n) is 7.74. The van der Waals surface area contributed by atoms with Gasteiger partial charge in [0.25, 0.3) is 0 Å². The lowest BCUT2D eigenvalue weighted by Crippen LogP contribution is -2.24. The molecule has 0 aliphatic heterocycles. The van der Waals surface area contributed by atoms with E-state index in [-0.39, 0.29) is 11.8 Å². The van der Waals surface area contributed by atoms with Gasteiger partial charge in [-0.2, -0.15) is 0 Å². The number of halogens is 1. The molecule has 0 fully saturated rings. The predicted molar refractivity (Wildman–Crippen MR) is 59.2 cm³/mol. The van der Waals surface area contributed by atoms with E-state index >= 15 is 0 Å². The van der Waals surface area contributed by atoms with E-state index in [1.54, 1.807) is 0 Å². The molecule has 14 heavy (non-hydrogen) atoms. The smallest absolute Gasteiger partial charge is 0.235 e. The molecule has 0 bridgehead atoms. The minimum absolute atomic E-state index is 0.0131. The van der Waals surface area contributed by atoms with Crippen LogP contribution in [0.1, 0.15) is 5.56 Å². The average molecular weight is 210 g/mol. The maximum Gasteiger partial charge on any atom is 0.235 e. The maximum atomic E-state index is 10.7. The summed E-state index contributed by atoms with van der Waals surface area (Å²) in [4.78, 5) is 10.7. The second-order valence-electron chi connectivity index (χ2n) is 2.75. The lowest BCUT2D eigenvalue weighted by molar-refractivity contribution is -0.118. The number of carbonyl (C=O) groups excluding carboxylic acids is 1. The predicted octanol–water partition coefficient (Wildman–Crippen LogP) is 2.05.